The SMILES string of the molecule is Cc1ccc(S(=O)(=O)N(CC(=O)NCCCc2ccccc2)c2cc(C)ccc2C)cc1. The number of carbonyl (C=O) groups excluding carboxylic acids is 1. The topological polar surface area (TPSA) is 66.5 Å². The van der Waals surface area contributed by atoms with E-state index < -0.39 is 10.0 Å². The molecule has 168 valence electrons. The third-order valence-corrected chi connectivity index (χ3v) is 7.11. The summed E-state index contributed by atoms with van der Waals surface area (Å²) in [5.74, 6) is -0.324. The predicted octanol–water partition coefficient (Wildman–Crippen LogP) is 4.56. The number of rotatable bonds is 9. The number of hydrogen-bond donors (Lipinski definition) is 1. The van der Waals surface area contributed by atoms with Crippen LogP contribution < -0.4 is 9.62 Å². The lowest BCUT2D eigenvalue weighted by atomic mass is 10.1. The van der Waals surface area contributed by atoms with Crippen molar-refractivity contribution >= 4 is 21.6 Å². The Bertz CT molecular complexity index is 1160. The van der Waals surface area contributed by atoms with Crippen LogP contribution in [0.4, 0.5) is 5.69 Å². The molecule has 0 unspecified atom stereocenters. The molecule has 1 N–H and O–H groups in total. The fraction of sp³-hybridized carbons (Fsp3) is 0.269. The van der Waals surface area contributed by atoms with Crippen molar-refractivity contribution in [3.63, 3.8) is 0 Å². The first-order valence-electron chi connectivity index (χ1n) is 10.7. The van der Waals surface area contributed by atoms with Gasteiger partial charge in [-0.15, -0.1) is 0 Å². The number of benzene rings is 3. The zero-order valence-electron chi connectivity index (χ0n) is 18.8. The van der Waals surface area contributed by atoms with Crippen molar-refractivity contribution in [3.05, 3.63) is 95.1 Å². The van der Waals surface area contributed by atoms with Crippen LogP contribution in [-0.2, 0) is 21.2 Å². The van der Waals surface area contributed by atoms with E-state index in [4.69, 9.17) is 0 Å². The van der Waals surface area contributed by atoms with Gasteiger partial charge in [0.2, 0.25) is 5.91 Å². The van der Waals surface area contributed by atoms with Crippen LogP contribution in [0.3, 0.4) is 0 Å². The standard InChI is InChI=1S/C26H30N2O3S/c1-20-12-15-24(16-13-20)32(30,31)28(25-18-21(2)11-14-22(25)3)19-26(29)27-17-7-10-23-8-5-4-6-9-23/h4-6,8-9,11-16,18H,7,10,17,19H2,1-3H3,(H,27,29). The maximum Gasteiger partial charge on any atom is 0.264 e. The molecule has 6 heteroatoms. The number of aryl methyl sites for hydroxylation is 4. The van der Waals surface area contributed by atoms with Crippen LogP contribution in [0, 0.1) is 20.8 Å². The summed E-state index contributed by atoms with van der Waals surface area (Å²) in [5, 5.41) is 2.87. The minimum absolute atomic E-state index is 0.167. The molecule has 0 spiro atoms. The first kappa shape index (κ1) is 23.5. The van der Waals surface area contributed by atoms with Crippen molar-refractivity contribution in [2.75, 3.05) is 17.4 Å². The van der Waals surface area contributed by atoms with E-state index in [1.165, 1.54) is 9.87 Å². The minimum Gasteiger partial charge on any atom is -0.355 e. The van der Waals surface area contributed by atoms with Gasteiger partial charge in [-0.3, -0.25) is 9.10 Å². The Kier molecular flexibility index (Phi) is 7.70. The molecule has 0 saturated heterocycles. The van der Waals surface area contributed by atoms with E-state index in [-0.39, 0.29) is 17.3 Å². The van der Waals surface area contributed by atoms with Gasteiger partial charge in [-0.05, 0) is 68.5 Å². The number of nitrogens with one attached hydrogen (secondary N) is 1. The van der Waals surface area contributed by atoms with Gasteiger partial charge in [-0.1, -0.05) is 60.2 Å². The van der Waals surface area contributed by atoms with Gasteiger partial charge in [0.1, 0.15) is 6.54 Å². The van der Waals surface area contributed by atoms with Gasteiger partial charge in [0.15, 0.2) is 0 Å². The molecule has 0 fully saturated rings. The summed E-state index contributed by atoms with van der Waals surface area (Å²) in [5.41, 5.74) is 4.42. The molecule has 0 heterocycles. The van der Waals surface area contributed by atoms with Gasteiger partial charge in [0.25, 0.3) is 10.0 Å². The van der Waals surface area contributed by atoms with Gasteiger partial charge in [0.05, 0.1) is 10.6 Å². The Morgan fingerprint density at radius 3 is 2.22 bits per heavy atom. The third kappa shape index (κ3) is 5.98. The van der Waals surface area contributed by atoms with Crippen LogP contribution in [0.2, 0.25) is 0 Å². The Labute approximate surface area is 191 Å². The number of hydrogen-bond acceptors (Lipinski definition) is 3. The van der Waals surface area contributed by atoms with Crippen LogP contribution in [0.1, 0.15) is 28.7 Å². The molecule has 0 radical (unpaired) electrons. The minimum atomic E-state index is -3.91. The Morgan fingerprint density at radius 1 is 0.875 bits per heavy atom. The van der Waals surface area contributed by atoms with E-state index in [1.807, 2.05) is 57.2 Å². The predicted molar refractivity (Wildman–Crippen MR) is 129 cm³/mol. The second-order valence-corrected chi connectivity index (χ2v) is 9.92. The smallest absolute Gasteiger partial charge is 0.264 e. The molecule has 0 atom stereocenters. The van der Waals surface area contributed by atoms with Crippen LogP contribution in [0.25, 0.3) is 0 Å². The average molecular weight is 451 g/mol. The lowest BCUT2D eigenvalue weighted by Crippen LogP contribution is -2.41. The Balaban J connectivity index is 1.77. The van der Waals surface area contributed by atoms with Gasteiger partial charge >= 0.3 is 0 Å². The number of anilines is 1. The number of amides is 1. The monoisotopic (exact) mass is 450 g/mol. The van der Waals surface area contributed by atoms with E-state index in [2.05, 4.69) is 17.4 Å². The van der Waals surface area contributed by atoms with Gasteiger partial charge < -0.3 is 5.32 Å². The molecule has 5 nitrogen and oxygen atoms in total. The van der Waals surface area contributed by atoms with E-state index in [1.54, 1.807) is 24.3 Å². The van der Waals surface area contributed by atoms with Crippen LogP contribution in [0.15, 0.2) is 77.7 Å². The maximum absolute atomic E-state index is 13.5. The molecular formula is C26H30N2O3S. The van der Waals surface area contributed by atoms with Crippen molar-refractivity contribution in [3.8, 4) is 0 Å². The molecule has 0 aliphatic rings. The zero-order chi connectivity index (χ0) is 23.1. The Hall–Kier alpha value is -3.12. The van der Waals surface area contributed by atoms with Gasteiger partial charge in [-0.2, -0.15) is 0 Å². The molecular weight excluding hydrogens is 420 g/mol. The van der Waals surface area contributed by atoms with E-state index in [0.29, 0.717) is 12.2 Å². The highest BCUT2D eigenvalue weighted by atomic mass is 32.2. The molecule has 0 saturated carbocycles. The van der Waals surface area contributed by atoms with E-state index >= 15 is 0 Å². The summed E-state index contributed by atoms with van der Waals surface area (Å²) >= 11 is 0. The maximum atomic E-state index is 13.5. The number of carbonyl (C=O) groups is 1. The zero-order valence-corrected chi connectivity index (χ0v) is 19.7. The summed E-state index contributed by atoms with van der Waals surface area (Å²) in [4.78, 5) is 12.9. The molecule has 0 aliphatic carbocycles. The van der Waals surface area contributed by atoms with Crippen molar-refractivity contribution in [2.24, 2.45) is 0 Å². The number of sulfonamides is 1. The lowest BCUT2D eigenvalue weighted by Gasteiger charge is -2.26. The van der Waals surface area contributed by atoms with Crippen molar-refractivity contribution in [2.45, 2.75) is 38.5 Å². The second-order valence-electron chi connectivity index (χ2n) is 8.05. The molecule has 3 aromatic carbocycles. The molecule has 3 rings (SSSR count). The summed E-state index contributed by atoms with van der Waals surface area (Å²) < 4.78 is 28.2. The molecule has 1 amide bonds. The van der Waals surface area contributed by atoms with Crippen LogP contribution in [0.5, 0.6) is 0 Å². The first-order valence-corrected chi connectivity index (χ1v) is 12.2. The van der Waals surface area contributed by atoms with E-state index in [9.17, 15) is 13.2 Å². The second kappa shape index (κ2) is 10.5. The third-order valence-electron chi connectivity index (χ3n) is 5.34. The molecule has 0 aliphatic heterocycles. The highest BCUT2D eigenvalue weighted by Gasteiger charge is 2.28. The highest BCUT2D eigenvalue weighted by Crippen LogP contribution is 2.28. The van der Waals surface area contributed by atoms with Crippen molar-refractivity contribution in [1.29, 1.82) is 0 Å². The normalized spacial score (nSPS) is 11.2. The molecule has 3 aromatic rings. The van der Waals surface area contributed by atoms with Gasteiger partial charge in [-0.25, -0.2) is 8.42 Å². The summed E-state index contributed by atoms with van der Waals surface area (Å²) in [6.45, 7) is 5.88. The van der Waals surface area contributed by atoms with Crippen molar-refractivity contribution in [1.82, 2.24) is 5.32 Å². The first-order chi connectivity index (χ1) is 15.3. The van der Waals surface area contributed by atoms with Crippen LogP contribution in [-0.4, -0.2) is 27.4 Å². The van der Waals surface area contributed by atoms with Crippen molar-refractivity contribution < 1.29 is 13.2 Å². The molecule has 32 heavy (non-hydrogen) atoms. The summed E-state index contributed by atoms with van der Waals surface area (Å²) in [6.07, 6.45) is 1.63. The Morgan fingerprint density at radius 2 is 1.53 bits per heavy atom. The van der Waals surface area contributed by atoms with Crippen LogP contribution >= 0.6 is 0 Å². The highest BCUT2D eigenvalue weighted by molar-refractivity contribution is 7.92. The fourth-order valence-electron chi connectivity index (χ4n) is 3.48. The summed E-state index contributed by atoms with van der Waals surface area (Å²) in [7, 11) is -3.91. The fourth-order valence-corrected chi connectivity index (χ4v) is 4.95. The average Bonchev–Trinajstić information content (AvgIpc) is 2.78. The molecule has 0 bridgehead atoms. The quantitative estimate of drug-likeness (QED) is 0.486. The molecule has 0 aromatic heterocycles. The van der Waals surface area contributed by atoms with E-state index in [0.717, 1.165) is 29.5 Å². The lowest BCUT2D eigenvalue weighted by molar-refractivity contribution is -0.119. The largest absolute Gasteiger partial charge is 0.355 e. The summed E-state index contributed by atoms with van der Waals surface area (Å²) in [6, 6.07) is 22.4. The number of nitrogens with zero attached hydrogens (tertiary/aromatic N) is 1. The van der Waals surface area contributed by atoms with Gasteiger partial charge in [0, 0.05) is 6.54 Å².